The smallest absolute Gasteiger partial charge is 0.338 e. The molecule has 13 heteroatoms. The van der Waals surface area contributed by atoms with Gasteiger partial charge in [-0.2, -0.15) is 0 Å². The van der Waals surface area contributed by atoms with Crippen LogP contribution in [-0.2, 0) is 32.8 Å². The molecular weight excluding hydrogens is 779 g/mol. The summed E-state index contributed by atoms with van der Waals surface area (Å²) in [6, 6.07) is 16.3. The van der Waals surface area contributed by atoms with Crippen LogP contribution >= 0.6 is 0 Å². The van der Waals surface area contributed by atoms with E-state index >= 15 is 0 Å². The lowest BCUT2D eigenvalue weighted by molar-refractivity contribution is -0.282. The van der Waals surface area contributed by atoms with Crippen LogP contribution in [-0.4, -0.2) is 82.1 Å². The molecule has 2 fully saturated rings. The molecule has 0 radical (unpaired) electrons. The van der Waals surface area contributed by atoms with Crippen molar-refractivity contribution in [2.45, 2.75) is 185 Å². The average Bonchev–Trinajstić information content (AvgIpc) is 3.55. The second kappa shape index (κ2) is 24.2. The topological polar surface area (TPSA) is 148 Å². The third-order valence-corrected chi connectivity index (χ3v) is 16.2. The zero-order valence-corrected chi connectivity index (χ0v) is 38.4. The maximum Gasteiger partial charge on any atom is 0.338 e. The Labute approximate surface area is 359 Å². The molecule has 0 bridgehead atoms. The normalized spacial score (nSPS) is 22.4. The van der Waals surface area contributed by atoms with Gasteiger partial charge in [0.2, 0.25) is 0 Å². The number of carbonyl (C=O) groups excluding carboxylic acids is 2. The number of allylic oxidation sites excluding steroid dienone is 1. The summed E-state index contributed by atoms with van der Waals surface area (Å²) in [4.78, 5) is 30.1. The van der Waals surface area contributed by atoms with E-state index in [9.17, 15) is 15.1 Å². The third kappa shape index (κ3) is 15.4. The summed E-state index contributed by atoms with van der Waals surface area (Å²) >= 11 is 0. The van der Waals surface area contributed by atoms with E-state index in [1.807, 2.05) is 18.2 Å². The number of rotatable bonds is 25. The SMILES string of the molecule is CCCCCCCCCCCCC/C=C/[C@@H](OC(=O)c1ccccc1)[C@H](CO[C@@H]1O[C@H](CO[Si](C)(C)C(C)(C)C)[C@@H]2OC(C)(C)O[C@@H]2[C@H]1OC(=O)c1ccccc1)N=[N+]=[N-]. The van der Waals surface area contributed by atoms with Crippen LogP contribution in [0.5, 0.6) is 0 Å². The van der Waals surface area contributed by atoms with Crippen molar-refractivity contribution in [1.29, 1.82) is 0 Å². The van der Waals surface area contributed by atoms with E-state index in [0.29, 0.717) is 11.1 Å². The number of hydrogen-bond acceptors (Lipinski definition) is 10. The minimum atomic E-state index is -2.23. The predicted molar refractivity (Wildman–Crippen MR) is 236 cm³/mol. The summed E-state index contributed by atoms with van der Waals surface area (Å²) in [5, 5.41) is 4.00. The Morgan fingerprint density at radius 1 is 0.850 bits per heavy atom. The van der Waals surface area contributed by atoms with E-state index in [4.69, 9.17) is 32.8 Å². The van der Waals surface area contributed by atoms with Gasteiger partial charge in [0.05, 0.1) is 24.3 Å². The van der Waals surface area contributed by atoms with Crippen molar-refractivity contribution in [3.8, 4) is 0 Å². The van der Waals surface area contributed by atoms with Gasteiger partial charge in [0, 0.05) is 4.91 Å². The van der Waals surface area contributed by atoms with Gasteiger partial charge < -0.3 is 32.8 Å². The average molecular weight is 850 g/mol. The molecule has 2 aromatic rings. The first kappa shape index (κ1) is 49.1. The second-order valence-corrected chi connectivity index (χ2v) is 22.8. The Morgan fingerprint density at radius 3 is 1.97 bits per heavy atom. The van der Waals surface area contributed by atoms with Crippen molar-refractivity contribution in [2.75, 3.05) is 13.2 Å². The molecule has 60 heavy (non-hydrogen) atoms. The molecule has 0 N–H and O–H groups in total. The zero-order chi connectivity index (χ0) is 43.6. The monoisotopic (exact) mass is 849 g/mol. The van der Waals surface area contributed by atoms with Gasteiger partial charge in [0.25, 0.3) is 0 Å². The highest BCUT2D eigenvalue weighted by molar-refractivity contribution is 6.74. The largest absolute Gasteiger partial charge is 0.454 e. The van der Waals surface area contributed by atoms with Crippen LogP contribution in [0.3, 0.4) is 0 Å². The highest BCUT2D eigenvalue weighted by atomic mass is 28.4. The minimum Gasteiger partial charge on any atom is -0.454 e. The van der Waals surface area contributed by atoms with Crippen LogP contribution in [0.15, 0.2) is 77.9 Å². The Morgan fingerprint density at radius 2 is 1.40 bits per heavy atom. The molecule has 0 spiro atoms. The standard InChI is InChI=1S/C47H71N3O9Si/c1-9-10-11-12-13-14-15-16-17-18-19-20-27-32-38(55-43(51)35-28-23-21-24-29-35)37(49-50-48)33-53-45-42(57-44(52)36-30-25-22-26-31-36)41-40(58-47(5,6)59-41)39(56-45)34-54-60(7,8)46(2,3)4/h21-32,37-42,45H,9-20,33-34H2,1-8H3/b32-27+/t37-,38+,39+,40-,41-,42+,45+/m0/s1. The molecule has 12 nitrogen and oxygen atoms in total. The van der Waals surface area contributed by atoms with Crippen LogP contribution in [0.2, 0.25) is 18.1 Å². The molecule has 2 aliphatic heterocycles. The quantitative estimate of drug-likeness (QED) is 0.0181. The first-order valence-corrected chi connectivity index (χ1v) is 25.1. The van der Waals surface area contributed by atoms with Crippen molar-refractivity contribution in [1.82, 2.24) is 0 Å². The van der Waals surface area contributed by atoms with Crippen molar-refractivity contribution in [3.05, 3.63) is 94.4 Å². The summed E-state index contributed by atoms with van der Waals surface area (Å²) in [5.74, 6) is -2.18. The number of hydrogen-bond donors (Lipinski definition) is 0. The molecule has 7 atom stereocenters. The van der Waals surface area contributed by atoms with Crippen LogP contribution in [0.1, 0.15) is 139 Å². The lowest BCUT2D eigenvalue weighted by Gasteiger charge is -2.43. The molecule has 0 amide bonds. The maximum atomic E-state index is 13.6. The molecule has 2 aromatic carbocycles. The lowest BCUT2D eigenvalue weighted by Crippen LogP contribution is -2.60. The molecule has 332 valence electrons. The summed E-state index contributed by atoms with van der Waals surface area (Å²) in [5.41, 5.74) is 10.5. The van der Waals surface area contributed by atoms with Gasteiger partial charge in [-0.15, -0.1) is 0 Å². The molecule has 0 saturated carbocycles. The number of unbranched alkanes of at least 4 members (excludes halogenated alkanes) is 11. The van der Waals surface area contributed by atoms with Crippen molar-refractivity contribution < 1.29 is 42.4 Å². The van der Waals surface area contributed by atoms with E-state index < -0.39 is 68.9 Å². The molecular formula is C47H71N3O9Si. The Bertz CT molecular complexity index is 1660. The second-order valence-electron chi connectivity index (χ2n) is 18.0. The van der Waals surface area contributed by atoms with Crippen LogP contribution in [0.4, 0.5) is 0 Å². The number of carbonyl (C=O) groups is 2. The third-order valence-electron chi connectivity index (χ3n) is 11.7. The van der Waals surface area contributed by atoms with Gasteiger partial charge in [0.15, 0.2) is 26.5 Å². The highest BCUT2D eigenvalue weighted by Crippen LogP contribution is 2.41. The summed E-state index contributed by atoms with van der Waals surface area (Å²) in [7, 11) is -2.23. The molecule has 2 heterocycles. The zero-order valence-electron chi connectivity index (χ0n) is 37.4. The predicted octanol–water partition coefficient (Wildman–Crippen LogP) is 11.7. The van der Waals surface area contributed by atoms with Gasteiger partial charge in [-0.3, -0.25) is 0 Å². The van der Waals surface area contributed by atoms with E-state index in [2.05, 4.69) is 50.8 Å². The van der Waals surface area contributed by atoms with Gasteiger partial charge >= 0.3 is 11.9 Å². The molecule has 0 unspecified atom stereocenters. The Kier molecular flexibility index (Phi) is 19.8. The number of esters is 2. The molecule has 2 saturated heterocycles. The van der Waals surface area contributed by atoms with Crippen LogP contribution in [0, 0.1) is 0 Å². The van der Waals surface area contributed by atoms with Crippen molar-refractivity contribution in [3.63, 3.8) is 0 Å². The first-order chi connectivity index (χ1) is 28.7. The fourth-order valence-electron chi connectivity index (χ4n) is 7.13. The number of ether oxygens (including phenoxy) is 6. The van der Waals surface area contributed by atoms with Crippen molar-refractivity contribution in [2.24, 2.45) is 5.11 Å². The number of nitrogens with zero attached hydrogens (tertiary/aromatic N) is 3. The summed E-state index contributed by atoms with van der Waals surface area (Å²) in [6.07, 6.45) is 12.9. The van der Waals surface area contributed by atoms with Crippen LogP contribution < -0.4 is 0 Å². The fraction of sp³-hybridized carbons (Fsp3) is 0.660. The van der Waals surface area contributed by atoms with E-state index in [1.54, 1.807) is 68.5 Å². The van der Waals surface area contributed by atoms with Gasteiger partial charge in [-0.1, -0.05) is 139 Å². The lowest BCUT2D eigenvalue weighted by atomic mass is 9.99. The highest BCUT2D eigenvalue weighted by Gasteiger charge is 2.58. The summed E-state index contributed by atoms with van der Waals surface area (Å²) < 4.78 is 44.7. The number of fused-ring (bicyclic) bond motifs is 1. The molecule has 0 aromatic heterocycles. The Balaban J connectivity index is 1.52. The number of benzene rings is 2. The molecule has 2 aliphatic rings. The fourth-order valence-corrected chi connectivity index (χ4v) is 8.14. The van der Waals surface area contributed by atoms with Crippen molar-refractivity contribution >= 4 is 20.3 Å². The Hall–Kier alpha value is -3.55. The van der Waals surface area contributed by atoms with Gasteiger partial charge in [-0.25, -0.2) is 9.59 Å². The van der Waals surface area contributed by atoms with Gasteiger partial charge in [0.1, 0.15) is 30.5 Å². The minimum absolute atomic E-state index is 0.0630. The van der Waals surface area contributed by atoms with E-state index in [-0.39, 0.29) is 18.3 Å². The van der Waals surface area contributed by atoms with E-state index in [1.165, 1.54) is 57.8 Å². The maximum absolute atomic E-state index is 13.6. The van der Waals surface area contributed by atoms with Crippen LogP contribution in [0.25, 0.3) is 10.4 Å². The molecule has 0 aliphatic carbocycles. The molecule has 4 rings (SSSR count). The summed E-state index contributed by atoms with van der Waals surface area (Å²) in [6.45, 7) is 16.6. The first-order valence-electron chi connectivity index (χ1n) is 22.2. The van der Waals surface area contributed by atoms with E-state index in [0.717, 1.165) is 19.3 Å². The van der Waals surface area contributed by atoms with Gasteiger partial charge in [-0.05, 0) is 80.7 Å². The number of azide groups is 1.